The highest BCUT2D eigenvalue weighted by Crippen LogP contribution is 2.28. The Labute approximate surface area is 128 Å². The molecule has 0 aliphatic rings. The van der Waals surface area contributed by atoms with Crippen molar-refractivity contribution in [3.8, 4) is 0 Å². The van der Waals surface area contributed by atoms with Crippen LogP contribution in [0.2, 0.25) is 0 Å². The van der Waals surface area contributed by atoms with Crippen LogP contribution in [0, 0.1) is 17.3 Å². The van der Waals surface area contributed by atoms with Crippen molar-refractivity contribution in [2.45, 2.75) is 74.3 Å². The number of hydrogen-bond donors (Lipinski definition) is 1. The van der Waals surface area contributed by atoms with Crippen molar-refractivity contribution in [3.63, 3.8) is 0 Å². The van der Waals surface area contributed by atoms with Gasteiger partial charge in [0, 0.05) is 25.7 Å². The molecule has 0 amide bonds. The van der Waals surface area contributed by atoms with E-state index in [1.165, 1.54) is 25.9 Å². The summed E-state index contributed by atoms with van der Waals surface area (Å²) >= 11 is 0. The second-order valence-electron chi connectivity index (χ2n) is 7.65. The Hall–Kier alpha value is -0.0800. The molecule has 0 saturated carbocycles. The van der Waals surface area contributed by atoms with Gasteiger partial charge in [-0.3, -0.25) is 0 Å². The van der Waals surface area contributed by atoms with Crippen molar-refractivity contribution in [2.75, 3.05) is 26.2 Å². The molecule has 0 heterocycles. The summed E-state index contributed by atoms with van der Waals surface area (Å²) in [5.41, 5.74) is 0.425. The molecule has 0 atom stereocenters. The molecule has 0 aromatic heterocycles. The SMILES string of the molecule is CCC(CC)(CNCC(C)C)CN(CC(C)C)C(C)C. The van der Waals surface area contributed by atoms with Gasteiger partial charge in [-0.2, -0.15) is 0 Å². The van der Waals surface area contributed by atoms with Crippen LogP contribution in [0.15, 0.2) is 0 Å². The summed E-state index contributed by atoms with van der Waals surface area (Å²) in [7, 11) is 0. The molecular weight excluding hydrogens is 244 g/mol. The van der Waals surface area contributed by atoms with Crippen LogP contribution in [0.25, 0.3) is 0 Å². The van der Waals surface area contributed by atoms with E-state index in [9.17, 15) is 0 Å². The van der Waals surface area contributed by atoms with Gasteiger partial charge in [-0.1, -0.05) is 41.5 Å². The highest BCUT2D eigenvalue weighted by Gasteiger charge is 2.29. The minimum atomic E-state index is 0.425. The molecule has 2 heteroatoms. The Kier molecular flexibility index (Phi) is 9.74. The van der Waals surface area contributed by atoms with Gasteiger partial charge in [0.2, 0.25) is 0 Å². The first kappa shape index (κ1) is 19.9. The van der Waals surface area contributed by atoms with E-state index in [4.69, 9.17) is 0 Å². The standard InChI is InChI=1S/C18H40N2/c1-9-18(10-2,13-19-11-15(3)4)14-20(17(7)8)12-16(5)6/h15-17,19H,9-14H2,1-8H3. The van der Waals surface area contributed by atoms with E-state index in [1.54, 1.807) is 0 Å². The van der Waals surface area contributed by atoms with E-state index in [1.807, 2.05) is 0 Å². The first-order chi connectivity index (χ1) is 9.26. The third-order valence-electron chi connectivity index (χ3n) is 4.42. The van der Waals surface area contributed by atoms with Crippen molar-refractivity contribution < 1.29 is 0 Å². The Bertz CT molecular complexity index is 230. The lowest BCUT2D eigenvalue weighted by Crippen LogP contribution is -2.47. The topological polar surface area (TPSA) is 15.3 Å². The molecule has 0 spiro atoms. The molecule has 0 aromatic rings. The smallest absolute Gasteiger partial charge is 0.00528 e. The summed E-state index contributed by atoms with van der Waals surface area (Å²) < 4.78 is 0. The van der Waals surface area contributed by atoms with E-state index in [-0.39, 0.29) is 0 Å². The summed E-state index contributed by atoms with van der Waals surface area (Å²) in [4.78, 5) is 2.68. The Morgan fingerprint density at radius 3 is 1.80 bits per heavy atom. The third-order valence-corrected chi connectivity index (χ3v) is 4.42. The second-order valence-corrected chi connectivity index (χ2v) is 7.65. The van der Waals surface area contributed by atoms with Crippen molar-refractivity contribution in [2.24, 2.45) is 17.3 Å². The predicted octanol–water partition coefficient (Wildman–Crippen LogP) is 4.40. The molecule has 1 N–H and O–H groups in total. The highest BCUT2D eigenvalue weighted by atomic mass is 15.2. The molecule has 0 aliphatic carbocycles. The molecule has 0 fully saturated rings. The molecule has 0 unspecified atom stereocenters. The maximum atomic E-state index is 3.70. The Morgan fingerprint density at radius 2 is 1.45 bits per heavy atom. The summed E-state index contributed by atoms with van der Waals surface area (Å²) in [6, 6.07) is 0.639. The van der Waals surface area contributed by atoms with Gasteiger partial charge >= 0.3 is 0 Å². The van der Waals surface area contributed by atoms with Crippen LogP contribution < -0.4 is 5.32 Å². The quantitative estimate of drug-likeness (QED) is 0.605. The monoisotopic (exact) mass is 284 g/mol. The summed E-state index contributed by atoms with van der Waals surface area (Å²) in [5.74, 6) is 1.48. The van der Waals surface area contributed by atoms with Crippen LogP contribution >= 0.6 is 0 Å². The van der Waals surface area contributed by atoms with Crippen molar-refractivity contribution in [1.82, 2.24) is 10.2 Å². The fourth-order valence-electron chi connectivity index (χ4n) is 2.76. The average Bonchev–Trinajstić information content (AvgIpc) is 2.35. The van der Waals surface area contributed by atoms with Crippen LogP contribution in [0.4, 0.5) is 0 Å². The van der Waals surface area contributed by atoms with Gasteiger partial charge in [0.05, 0.1) is 0 Å². The summed E-state index contributed by atoms with van der Waals surface area (Å²) in [6.07, 6.45) is 2.52. The zero-order valence-corrected chi connectivity index (χ0v) is 15.4. The van der Waals surface area contributed by atoms with Crippen molar-refractivity contribution in [3.05, 3.63) is 0 Å². The zero-order valence-electron chi connectivity index (χ0n) is 15.4. The van der Waals surface area contributed by atoms with E-state index in [2.05, 4.69) is 65.6 Å². The van der Waals surface area contributed by atoms with Crippen LogP contribution in [0.3, 0.4) is 0 Å². The largest absolute Gasteiger partial charge is 0.316 e. The molecule has 0 radical (unpaired) electrons. The first-order valence-electron chi connectivity index (χ1n) is 8.71. The number of hydrogen-bond acceptors (Lipinski definition) is 2. The second kappa shape index (κ2) is 9.78. The third kappa shape index (κ3) is 7.64. The normalized spacial score (nSPS) is 13.2. The minimum Gasteiger partial charge on any atom is -0.316 e. The maximum Gasteiger partial charge on any atom is 0.00528 e. The van der Waals surface area contributed by atoms with Gasteiger partial charge in [0.15, 0.2) is 0 Å². The van der Waals surface area contributed by atoms with Crippen molar-refractivity contribution >= 4 is 0 Å². The number of rotatable bonds is 11. The molecular formula is C18H40N2. The number of nitrogens with zero attached hydrogens (tertiary/aromatic N) is 1. The molecule has 0 aromatic carbocycles. The van der Waals surface area contributed by atoms with Gasteiger partial charge < -0.3 is 10.2 Å². The molecule has 0 saturated heterocycles. The van der Waals surface area contributed by atoms with E-state index < -0.39 is 0 Å². The zero-order chi connectivity index (χ0) is 15.8. The lowest BCUT2D eigenvalue weighted by molar-refractivity contribution is 0.0984. The molecule has 20 heavy (non-hydrogen) atoms. The van der Waals surface area contributed by atoms with Crippen LogP contribution in [-0.2, 0) is 0 Å². The molecule has 2 nitrogen and oxygen atoms in total. The Morgan fingerprint density at radius 1 is 0.900 bits per heavy atom. The lowest BCUT2D eigenvalue weighted by Gasteiger charge is -2.40. The molecule has 0 rings (SSSR count). The summed E-state index contributed by atoms with van der Waals surface area (Å²) in [5, 5.41) is 3.70. The average molecular weight is 285 g/mol. The molecule has 122 valence electrons. The van der Waals surface area contributed by atoms with E-state index in [0.717, 1.165) is 24.9 Å². The number of nitrogens with one attached hydrogen (secondary N) is 1. The maximum absolute atomic E-state index is 3.70. The molecule has 0 bridgehead atoms. The van der Waals surface area contributed by atoms with Gasteiger partial charge in [0.1, 0.15) is 0 Å². The van der Waals surface area contributed by atoms with Gasteiger partial charge in [-0.15, -0.1) is 0 Å². The highest BCUT2D eigenvalue weighted by molar-refractivity contribution is 4.84. The van der Waals surface area contributed by atoms with Gasteiger partial charge in [-0.05, 0) is 50.5 Å². The van der Waals surface area contributed by atoms with Gasteiger partial charge in [-0.25, -0.2) is 0 Å². The Balaban J connectivity index is 4.68. The minimum absolute atomic E-state index is 0.425. The van der Waals surface area contributed by atoms with Crippen molar-refractivity contribution in [1.29, 1.82) is 0 Å². The van der Waals surface area contributed by atoms with Crippen LogP contribution in [-0.4, -0.2) is 37.1 Å². The van der Waals surface area contributed by atoms with Crippen LogP contribution in [0.1, 0.15) is 68.2 Å². The van der Waals surface area contributed by atoms with Crippen LogP contribution in [0.5, 0.6) is 0 Å². The van der Waals surface area contributed by atoms with Gasteiger partial charge in [0.25, 0.3) is 0 Å². The first-order valence-corrected chi connectivity index (χ1v) is 8.71. The molecule has 0 aliphatic heterocycles. The lowest BCUT2D eigenvalue weighted by atomic mass is 9.81. The van der Waals surface area contributed by atoms with E-state index in [0.29, 0.717) is 11.5 Å². The van der Waals surface area contributed by atoms with E-state index >= 15 is 0 Å². The fraction of sp³-hybridized carbons (Fsp3) is 1.00. The summed E-state index contributed by atoms with van der Waals surface area (Å²) in [6.45, 7) is 23.3. The fourth-order valence-corrected chi connectivity index (χ4v) is 2.76. The predicted molar refractivity (Wildman–Crippen MR) is 92.3 cm³/mol.